The molecule has 0 aromatic heterocycles. The van der Waals surface area contributed by atoms with Gasteiger partial charge in [-0.05, 0) is 42.3 Å². The zero-order chi connectivity index (χ0) is 16.7. The highest BCUT2D eigenvalue weighted by Crippen LogP contribution is 2.13. The molecule has 0 unspecified atom stereocenters. The van der Waals surface area contributed by atoms with E-state index in [0.29, 0.717) is 29.7 Å². The zero-order valence-electron chi connectivity index (χ0n) is 12.7. The van der Waals surface area contributed by atoms with Crippen LogP contribution in [0.1, 0.15) is 27.9 Å². The number of nitrogens with zero attached hydrogens (tertiary/aromatic N) is 1. The number of ether oxygens (including phenoxy) is 1. The molecule has 0 saturated carbocycles. The summed E-state index contributed by atoms with van der Waals surface area (Å²) in [5, 5.41) is 11.5. The number of amides is 1. The summed E-state index contributed by atoms with van der Waals surface area (Å²) in [6.07, 6.45) is 0.891. The van der Waals surface area contributed by atoms with Crippen LogP contribution >= 0.6 is 0 Å². The summed E-state index contributed by atoms with van der Waals surface area (Å²) in [6, 6.07) is 15.8. The summed E-state index contributed by atoms with van der Waals surface area (Å²) in [6.45, 7) is 0. The number of hydrogen-bond donors (Lipinski definition) is 1. The maximum Gasteiger partial charge on any atom is 0.337 e. The number of nitrogens with one attached hydrogen (secondary N) is 1. The van der Waals surface area contributed by atoms with Crippen molar-refractivity contribution in [1.29, 1.82) is 5.26 Å². The van der Waals surface area contributed by atoms with Crippen molar-refractivity contribution >= 4 is 17.6 Å². The molecular weight excluding hydrogens is 292 g/mol. The fourth-order valence-electron chi connectivity index (χ4n) is 2.07. The van der Waals surface area contributed by atoms with Gasteiger partial charge in [0.15, 0.2) is 0 Å². The maximum absolute atomic E-state index is 12.0. The largest absolute Gasteiger partial charge is 0.465 e. The number of carbonyl (C=O) groups is 2. The van der Waals surface area contributed by atoms with E-state index in [1.165, 1.54) is 7.11 Å². The molecule has 0 fully saturated rings. The molecule has 0 bridgehead atoms. The molecule has 23 heavy (non-hydrogen) atoms. The lowest BCUT2D eigenvalue weighted by Crippen LogP contribution is -2.13. The van der Waals surface area contributed by atoms with E-state index in [-0.39, 0.29) is 5.91 Å². The van der Waals surface area contributed by atoms with Crippen molar-refractivity contribution < 1.29 is 14.3 Å². The van der Waals surface area contributed by atoms with E-state index in [1.807, 2.05) is 12.1 Å². The van der Waals surface area contributed by atoms with E-state index in [2.05, 4.69) is 16.1 Å². The lowest BCUT2D eigenvalue weighted by Gasteiger charge is -2.07. The van der Waals surface area contributed by atoms with E-state index in [0.717, 1.165) is 5.56 Å². The van der Waals surface area contributed by atoms with Gasteiger partial charge in [-0.25, -0.2) is 4.79 Å². The van der Waals surface area contributed by atoms with E-state index < -0.39 is 5.97 Å². The fourth-order valence-corrected chi connectivity index (χ4v) is 2.07. The molecule has 1 amide bonds. The number of carbonyl (C=O) groups excluding carboxylic acids is 2. The Morgan fingerprint density at radius 2 is 1.91 bits per heavy atom. The van der Waals surface area contributed by atoms with Gasteiger partial charge in [-0.2, -0.15) is 5.26 Å². The monoisotopic (exact) mass is 308 g/mol. The van der Waals surface area contributed by atoms with E-state index >= 15 is 0 Å². The van der Waals surface area contributed by atoms with Gasteiger partial charge in [-0.3, -0.25) is 4.79 Å². The minimum atomic E-state index is -0.446. The summed E-state index contributed by atoms with van der Waals surface area (Å²) < 4.78 is 4.65. The Morgan fingerprint density at radius 3 is 2.57 bits per heavy atom. The summed E-state index contributed by atoms with van der Waals surface area (Å²) in [5.74, 6) is -0.588. The fraction of sp³-hybridized carbons (Fsp3) is 0.167. The molecule has 0 aliphatic carbocycles. The normalized spacial score (nSPS) is 9.74. The summed E-state index contributed by atoms with van der Waals surface area (Å²) in [7, 11) is 1.31. The van der Waals surface area contributed by atoms with E-state index in [1.54, 1.807) is 36.4 Å². The highest BCUT2D eigenvalue weighted by atomic mass is 16.5. The predicted octanol–water partition coefficient (Wildman–Crippen LogP) is 2.92. The first-order valence-corrected chi connectivity index (χ1v) is 7.09. The molecule has 2 rings (SSSR count). The minimum Gasteiger partial charge on any atom is -0.465 e. The number of methoxy groups -OCH3 is 1. The molecule has 2 aromatic rings. The molecule has 5 nitrogen and oxygen atoms in total. The molecule has 1 N–H and O–H groups in total. The molecule has 0 atom stereocenters. The number of anilines is 1. The smallest absolute Gasteiger partial charge is 0.337 e. The van der Waals surface area contributed by atoms with Gasteiger partial charge in [0.1, 0.15) is 0 Å². The second-order valence-corrected chi connectivity index (χ2v) is 4.93. The van der Waals surface area contributed by atoms with Crippen molar-refractivity contribution in [2.75, 3.05) is 12.4 Å². The number of rotatable bonds is 5. The van der Waals surface area contributed by atoms with Gasteiger partial charge in [-0.1, -0.05) is 18.2 Å². The van der Waals surface area contributed by atoms with Crippen LogP contribution < -0.4 is 5.32 Å². The molecule has 2 aromatic carbocycles. The third-order valence-electron chi connectivity index (χ3n) is 3.29. The van der Waals surface area contributed by atoms with E-state index in [4.69, 9.17) is 5.26 Å². The third kappa shape index (κ3) is 4.68. The topological polar surface area (TPSA) is 79.2 Å². The highest BCUT2D eigenvalue weighted by Gasteiger charge is 2.08. The molecule has 5 heteroatoms. The van der Waals surface area contributed by atoms with Crippen molar-refractivity contribution in [3.05, 3.63) is 65.2 Å². The molecule has 0 spiro atoms. The van der Waals surface area contributed by atoms with Gasteiger partial charge in [0, 0.05) is 12.1 Å². The number of hydrogen-bond acceptors (Lipinski definition) is 4. The Kier molecular flexibility index (Phi) is 5.48. The SMILES string of the molecule is COC(=O)c1cccc(NC(=O)CCc2ccc(C#N)cc2)c1. The first-order valence-electron chi connectivity index (χ1n) is 7.09. The summed E-state index contributed by atoms with van der Waals surface area (Å²) in [5.41, 5.74) is 2.52. The Bertz CT molecular complexity index is 746. The van der Waals surface area contributed by atoms with Gasteiger partial charge >= 0.3 is 5.97 Å². The van der Waals surface area contributed by atoms with Crippen LogP contribution in [0.2, 0.25) is 0 Å². The van der Waals surface area contributed by atoms with Gasteiger partial charge in [-0.15, -0.1) is 0 Å². The highest BCUT2D eigenvalue weighted by molar-refractivity contribution is 5.94. The summed E-state index contributed by atoms with van der Waals surface area (Å²) in [4.78, 5) is 23.4. The van der Waals surface area contributed by atoms with Crippen LogP contribution in [0.5, 0.6) is 0 Å². The van der Waals surface area contributed by atoms with Gasteiger partial charge in [0.2, 0.25) is 5.91 Å². The Labute approximate surface area is 134 Å². The Hall–Kier alpha value is -3.13. The molecule has 0 aliphatic rings. The second kappa shape index (κ2) is 7.76. The minimum absolute atomic E-state index is 0.142. The van der Waals surface area contributed by atoms with Crippen LogP contribution in [0, 0.1) is 11.3 Å². The van der Waals surface area contributed by atoms with Crippen molar-refractivity contribution in [1.82, 2.24) is 0 Å². The van der Waals surface area contributed by atoms with Crippen LogP contribution in [0.25, 0.3) is 0 Å². The molecule has 0 aliphatic heterocycles. The number of aryl methyl sites for hydroxylation is 1. The van der Waals surface area contributed by atoms with Crippen LogP contribution in [0.3, 0.4) is 0 Å². The van der Waals surface area contributed by atoms with Gasteiger partial charge in [0.25, 0.3) is 0 Å². The predicted molar refractivity (Wildman–Crippen MR) is 85.9 cm³/mol. The Morgan fingerprint density at radius 1 is 1.17 bits per heavy atom. The summed E-state index contributed by atoms with van der Waals surface area (Å²) >= 11 is 0. The third-order valence-corrected chi connectivity index (χ3v) is 3.29. The second-order valence-electron chi connectivity index (χ2n) is 4.93. The van der Waals surface area contributed by atoms with E-state index in [9.17, 15) is 9.59 Å². The standard InChI is InChI=1S/C18H16N2O3/c1-23-18(22)15-3-2-4-16(11-15)20-17(21)10-9-13-5-7-14(12-19)8-6-13/h2-8,11H,9-10H2,1H3,(H,20,21). The van der Waals surface area contributed by atoms with Crippen molar-refractivity contribution in [3.63, 3.8) is 0 Å². The van der Waals surface area contributed by atoms with Crippen LogP contribution in [0.15, 0.2) is 48.5 Å². The van der Waals surface area contributed by atoms with Gasteiger partial charge in [0.05, 0.1) is 24.3 Å². The average Bonchev–Trinajstić information content (AvgIpc) is 2.60. The van der Waals surface area contributed by atoms with Crippen molar-refractivity contribution in [2.24, 2.45) is 0 Å². The lowest BCUT2D eigenvalue weighted by molar-refractivity contribution is -0.116. The lowest BCUT2D eigenvalue weighted by atomic mass is 10.1. The molecule has 0 heterocycles. The number of nitriles is 1. The number of esters is 1. The Balaban J connectivity index is 1.91. The molecule has 116 valence electrons. The first-order chi connectivity index (χ1) is 11.1. The molecular formula is C18H16N2O3. The zero-order valence-corrected chi connectivity index (χ0v) is 12.7. The maximum atomic E-state index is 12.0. The molecule has 0 saturated heterocycles. The van der Waals surface area contributed by atoms with Crippen molar-refractivity contribution in [2.45, 2.75) is 12.8 Å². The van der Waals surface area contributed by atoms with Crippen LogP contribution in [0.4, 0.5) is 5.69 Å². The average molecular weight is 308 g/mol. The van der Waals surface area contributed by atoms with Gasteiger partial charge < -0.3 is 10.1 Å². The first kappa shape index (κ1) is 16.2. The van der Waals surface area contributed by atoms with Crippen LogP contribution in [-0.2, 0) is 16.0 Å². The van der Waals surface area contributed by atoms with Crippen molar-refractivity contribution in [3.8, 4) is 6.07 Å². The molecule has 0 radical (unpaired) electrons. The quantitative estimate of drug-likeness (QED) is 0.861. The number of benzene rings is 2. The van der Waals surface area contributed by atoms with Crippen LogP contribution in [-0.4, -0.2) is 19.0 Å².